The van der Waals surface area contributed by atoms with Gasteiger partial charge in [0.2, 0.25) is 9.84 Å². The molecule has 1 atom stereocenters. The summed E-state index contributed by atoms with van der Waals surface area (Å²) in [7, 11) is -3.70. The molecule has 0 aliphatic carbocycles. The molecular weight excluding hydrogens is 234 g/mol. The minimum absolute atomic E-state index is 0.0375. The normalized spacial score (nSPS) is 14.4. The Kier molecular flexibility index (Phi) is 3.31. The minimum Gasteiger partial charge on any atom is -0.376 e. The Hall–Kier alpha value is -0.140. The fourth-order valence-corrected chi connectivity index (χ4v) is 3.47. The maximum atomic E-state index is 11.4. The zero-order valence-corrected chi connectivity index (χ0v) is 8.86. The van der Waals surface area contributed by atoms with E-state index in [-0.39, 0.29) is 10.8 Å². The van der Waals surface area contributed by atoms with E-state index in [0.717, 1.165) is 11.3 Å². The Morgan fingerprint density at radius 2 is 2.23 bits per heavy atom. The van der Waals surface area contributed by atoms with Crippen molar-refractivity contribution < 1.29 is 13.5 Å². The van der Waals surface area contributed by atoms with Crippen LogP contribution in [0.1, 0.15) is 0 Å². The Morgan fingerprint density at radius 3 is 2.62 bits per heavy atom. The predicted molar refractivity (Wildman–Crippen MR) is 51.6 cm³/mol. The molecule has 1 unspecified atom stereocenters. The maximum absolute atomic E-state index is 11.4. The quantitative estimate of drug-likeness (QED) is 0.805. The summed E-state index contributed by atoms with van der Waals surface area (Å²) in [6, 6.07) is 2.81. The molecule has 4 nitrogen and oxygen atoms in total. The fourth-order valence-electron chi connectivity index (χ4n) is 0.711. The van der Waals surface area contributed by atoms with E-state index in [2.05, 4.69) is 0 Å². The van der Waals surface area contributed by atoms with E-state index in [1.54, 1.807) is 0 Å². The largest absolute Gasteiger partial charge is 0.376 e. The SMILES string of the molecule is NCC(O)S(=O)(=O)c1ccc(Cl)s1. The third-order valence-electron chi connectivity index (χ3n) is 1.39. The Balaban J connectivity index is 3.08. The lowest BCUT2D eigenvalue weighted by atomic mass is 10.7. The van der Waals surface area contributed by atoms with Crippen molar-refractivity contribution in [1.82, 2.24) is 0 Å². The Bertz CT molecular complexity index is 386. The van der Waals surface area contributed by atoms with Gasteiger partial charge in [-0.05, 0) is 12.1 Å². The molecule has 0 saturated heterocycles. The van der Waals surface area contributed by atoms with Gasteiger partial charge in [-0.3, -0.25) is 0 Å². The van der Waals surface area contributed by atoms with Crippen LogP contribution < -0.4 is 5.73 Å². The van der Waals surface area contributed by atoms with Crippen molar-refractivity contribution in [3.63, 3.8) is 0 Å². The van der Waals surface area contributed by atoms with Gasteiger partial charge in [0.05, 0.1) is 4.34 Å². The summed E-state index contributed by atoms with van der Waals surface area (Å²) in [6.45, 7) is -0.322. The number of sulfone groups is 1. The minimum atomic E-state index is -3.70. The lowest BCUT2D eigenvalue weighted by Crippen LogP contribution is -2.28. The first-order valence-electron chi connectivity index (χ1n) is 3.36. The second kappa shape index (κ2) is 3.93. The zero-order chi connectivity index (χ0) is 10.1. The summed E-state index contributed by atoms with van der Waals surface area (Å²) >= 11 is 6.46. The third-order valence-corrected chi connectivity index (χ3v) is 4.97. The molecule has 7 heteroatoms. The lowest BCUT2D eigenvalue weighted by molar-refractivity contribution is 0.257. The molecule has 0 aliphatic rings. The molecule has 0 radical (unpaired) electrons. The van der Waals surface area contributed by atoms with E-state index in [1.165, 1.54) is 12.1 Å². The van der Waals surface area contributed by atoms with Crippen LogP contribution >= 0.6 is 22.9 Å². The molecule has 3 N–H and O–H groups in total. The first-order valence-corrected chi connectivity index (χ1v) is 6.10. The highest BCUT2D eigenvalue weighted by atomic mass is 35.5. The summed E-state index contributed by atoms with van der Waals surface area (Å²) in [4.78, 5) is 0. The Labute approximate surface area is 84.9 Å². The van der Waals surface area contributed by atoms with Crippen LogP contribution in [0.15, 0.2) is 16.3 Å². The molecule has 0 aliphatic heterocycles. The topological polar surface area (TPSA) is 80.4 Å². The van der Waals surface area contributed by atoms with Crippen molar-refractivity contribution >= 4 is 32.8 Å². The van der Waals surface area contributed by atoms with E-state index in [1.807, 2.05) is 0 Å². The second-order valence-electron chi connectivity index (χ2n) is 2.29. The van der Waals surface area contributed by atoms with Crippen LogP contribution in [0.5, 0.6) is 0 Å². The van der Waals surface area contributed by atoms with Crippen LogP contribution in [0.25, 0.3) is 0 Å². The van der Waals surface area contributed by atoms with Crippen LogP contribution in [0.3, 0.4) is 0 Å². The van der Waals surface area contributed by atoms with Gasteiger partial charge < -0.3 is 10.8 Å². The number of hydrogen-bond donors (Lipinski definition) is 2. The highest BCUT2D eigenvalue weighted by molar-refractivity contribution is 7.94. The monoisotopic (exact) mass is 241 g/mol. The Morgan fingerprint density at radius 1 is 1.62 bits per heavy atom. The standard InChI is InChI=1S/C6H8ClNO3S2/c7-4-1-2-6(12-4)13(10,11)5(9)3-8/h1-2,5,9H,3,8H2. The third kappa shape index (κ3) is 2.21. The van der Waals surface area contributed by atoms with Crippen molar-refractivity contribution in [3.05, 3.63) is 16.5 Å². The molecule has 0 aromatic carbocycles. The number of aliphatic hydroxyl groups is 1. The van der Waals surface area contributed by atoms with Crippen LogP contribution in [0, 0.1) is 0 Å². The molecule has 1 aromatic rings. The van der Waals surface area contributed by atoms with Gasteiger partial charge in [0.25, 0.3) is 0 Å². The maximum Gasteiger partial charge on any atom is 0.215 e. The van der Waals surface area contributed by atoms with Crippen molar-refractivity contribution in [3.8, 4) is 0 Å². The van der Waals surface area contributed by atoms with E-state index in [9.17, 15) is 8.42 Å². The predicted octanol–water partition coefficient (Wildman–Crippen LogP) is 0.452. The second-order valence-corrected chi connectivity index (χ2v) is 6.34. The molecule has 0 fully saturated rings. The van der Waals surface area contributed by atoms with Crippen molar-refractivity contribution in [1.29, 1.82) is 0 Å². The van der Waals surface area contributed by atoms with Crippen molar-refractivity contribution in [2.45, 2.75) is 9.65 Å². The first kappa shape index (κ1) is 10.9. The van der Waals surface area contributed by atoms with Crippen molar-refractivity contribution in [2.24, 2.45) is 5.73 Å². The molecule has 0 saturated carbocycles. The van der Waals surface area contributed by atoms with Gasteiger partial charge in [0, 0.05) is 6.54 Å². The molecule has 1 heterocycles. The highest BCUT2D eigenvalue weighted by Crippen LogP contribution is 2.27. The van der Waals surface area contributed by atoms with Crippen LogP contribution in [-0.2, 0) is 9.84 Å². The van der Waals surface area contributed by atoms with Crippen LogP contribution in [0.2, 0.25) is 4.34 Å². The highest BCUT2D eigenvalue weighted by Gasteiger charge is 2.25. The zero-order valence-electron chi connectivity index (χ0n) is 6.47. The first-order chi connectivity index (χ1) is 5.98. The number of aliphatic hydroxyl groups excluding tert-OH is 1. The molecule has 1 rings (SSSR count). The van der Waals surface area contributed by atoms with Gasteiger partial charge in [-0.25, -0.2) is 8.42 Å². The molecule has 1 aromatic heterocycles. The molecule has 0 spiro atoms. The van der Waals surface area contributed by atoms with Gasteiger partial charge in [0.15, 0.2) is 5.44 Å². The molecule has 13 heavy (non-hydrogen) atoms. The summed E-state index contributed by atoms with van der Waals surface area (Å²) in [5, 5.41) is 9.10. The van der Waals surface area contributed by atoms with Crippen molar-refractivity contribution in [2.75, 3.05) is 6.54 Å². The summed E-state index contributed by atoms with van der Waals surface area (Å²) in [6.07, 6.45) is 0. The smallest absolute Gasteiger partial charge is 0.215 e. The fraction of sp³-hybridized carbons (Fsp3) is 0.333. The number of thiophene rings is 1. The molecule has 74 valence electrons. The summed E-state index contributed by atoms with van der Waals surface area (Å²) in [5.74, 6) is 0. The number of nitrogens with two attached hydrogens (primary N) is 1. The van der Waals surface area contributed by atoms with E-state index < -0.39 is 15.3 Å². The number of hydrogen-bond acceptors (Lipinski definition) is 5. The summed E-state index contributed by atoms with van der Waals surface area (Å²) in [5.41, 5.74) is 3.49. The molecular formula is C6H8ClNO3S2. The van der Waals surface area contributed by atoms with Gasteiger partial charge in [0.1, 0.15) is 4.21 Å². The average Bonchev–Trinajstić information content (AvgIpc) is 2.50. The van der Waals surface area contributed by atoms with Gasteiger partial charge in [-0.2, -0.15) is 0 Å². The molecule has 0 bridgehead atoms. The van der Waals surface area contributed by atoms with Gasteiger partial charge in [-0.1, -0.05) is 11.6 Å². The van der Waals surface area contributed by atoms with Gasteiger partial charge >= 0.3 is 0 Å². The molecule has 0 amide bonds. The van der Waals surface area contributed by atoms with Crippen LogP contribution in [0.4, 0.5) is 0 Å². The number of rotatable bonds is 3. The van der Waals surface area contributed by atoms with Gasteiger partial charge in [-0.15, -0.1) is 11.3 Å². The van der Waals surface area contributed by atoms with E-state index in [0.29, 0.717) is 4.34 Å². The summed E-state index contributed by atoms with van der Waals surface area (Å²) < 4.78 is 23.2. The van der Waals surface area contributed by atoms with E-state index in [4.69, 9.17) is 22.4 Å². The van der Waals surface area contributed by atoms with Crippen LogP contribution in [-0.4, -0.2) is 25.5 Å². The number of halogens is 1. The lowest BCUT2D eigenvalue weighted by Gasteiger charge is -2.06. The average molecular weight is 242 g/mol. The van der Waals surface area contributed by atoms with E-state index >= 15 is 0 Å².